The summed E-state index contributed by atoms with van der Waals surface area (Å²) in [6.07, 6.45) is 2.02. The Kier molecular flexibility index (Phi) is 4.10. The summed E-state index contributed by atoms with van der Waals surface area (Å²) in [5.74, 6) is 0.644. The highest BCUT2D eigenvalue weighted by molar-refractivity contribution is 7.17. The summed E-state index contributed by atoms with van der Waals surface area (Å²) in [7, 11) is 0. The number of ether oxygens (including phenoxy) is 1. The van der Waals surface area contributed by atoms with Crippen LogP contribution < -0.4 is 10.1 Å². The first-order valence-electron chi connectivity index (χ1n) is 7.60. The van der Waals surface area contributed by atoms with Crippen LogP contribution in [0.1, 0.15) is 37.0 Å². The van der Waals surface area contributed by atoms with E-state index in [1.807, 2.05) is 37.4 Å². The third-order valence-electron chi connectivity index (χ3n) is 4.08. The largest absolute Gasteiger partial charge is 0.490 e. The topological polar surface area (TPSA) is 58.6 Å². The van der Waals surface area contributed by atoms with Gasteiger partial charge in [0.25, 0.3) is 5.91 Å². The van der Waals surface area contributed by atoms with Gasteiger partial charge in [-0.15, -0.1) is 11.3 Å². The highest BCUT2D eigenvalue weighted by Crippen LogP contribution is 2.44. The summed E-state index contributed by atoms with van der Waals surface area (Å²) in [5, 5.41) is 15.3. The molecule has 1 aliphatic carbocycles. The number of rotatable bonds is 6. The van der Waals surface area contributed by atoms with Gasteiger partial charge in [0, 0.05) is 27.6 Å². The molecule has 0 saturated heterocycles. The van der Waals surface area contributed by atoms with E-state index in [1.165, 1.54) is 0 Å². The zero-order chi connectivity index (χ0) is 15.7. The molecule has 1 aromatic heterocycles. The molecule has 1 saturated carbocycles. The van der Waals surface area contributed by atoms with Gasteiger partial charge in [0.15, 0.2) is 0 Å². The zero-order valence-electron chi connectivity index (χ0n) is 12.9. The first kappa shape index (κ1) is 15.3. The average Bonchev–Trinajstić information content (AvgIpc) is 3.12. The molecule has 0 spiro atoms. The monoisotopic (exact) mass is 319 g/mol. The Morgan fingerprint density at radius 2 is 2.23 bits per heavy atom. The summed E-state index contributed by atoms with van der Waals surface area (Å²) < 4.78 is 6.89. The smallest absolute Gasteiger partial charge is 0.251 e. The fourth-order valence-electron chi connectivity index (χ4n) is 2.46. The molecule has 118 valence electrons. The summed E-state index contributed by atoms with van der Waals surface area (Å²) in [5.41, 5.74) is 0.527. The number of aliphatic hydroxyl groups is 1. The molecule has 0 aliphatic heterocycles. The predicted octanol–water partition coefficient (Wildman–Crippen LogP) is 3.19. The molecule has 3 rings (SSSR count). The number of hydrogen-bond donors (Lipinski definition) is 2. The molecule has 5 heteroatoms. The highest BCUT2D eigenvalue weighted by atomic mass is 32.1. The molecular formula is C17H21NO3S. The summed E-state index contributed by atoms with van der Waals surface area (Å²) in [4.78, 5) is 12.4. The Labute approximate surface area is 134 Å². The van der Waals surface area contributed by atoms with Crippen LogP contribution in [0.15, 0.2) is 23.6 Å². The van der Waals surface area contributed by atoms with Crippen molar-refractivity contribution < 1.29 is 14.6 Å². The average molecular weight is 319 g/mol. The van der Waals surface area contributed by atoms with Crippen molar-refractivity contribution in [2.75, 3.05) is 13.2 Å². The lowest BCUT2D eigenvalue weighted by Gasteiger charge is -2.15. The third kappa shape index (κ3) is 3.10. The number of benzene rings is 1. The summed E-state index contributed by atoms with van der Waals surface area (Å²) in [6.45, 7) is 4.62. The van der Waals surface area contributed by atoms with Crippen LogP contribution in [-0.2, 0) is 0 Å². The number of nitrogens with one attached hydrogen (secondary N) is 1. The van der Waals surface area contributed by atoms with E-state index in [0.29, 0.717) is 12.1 Å². The van der Waals surface area contributed by atoms with E-state index < -0.39 is 0 Å². The maximum atomic E-state index is 12.4. The number of carbonyl (C=O) groups is 1. The Morgan fingerprint density at radius 3 is 2.86 bits per heavy atom. The Bertz CT molecular complexity index is 688. The fraction of sp³-hybridized carbons (Fsp3) is 0.471. The lowest BCUT2D eigenvalue weighted by Crippen LogP contribution is -2.31. The van der Waals surface area contributed by atoms with Crippen molar-refractivity contribution in [3.8, 4) is 5.75 Å². The minimum Gasteiger partial charge on any atom is -0.490 e. The van der Waals surface area contributed by atoms with Gasteiger partial charge < -0.3 is 15.2 Å². The molecule has 1 amide bonds. The second kappa shape index (κ2) is 5.89. The van der Waals surface area contributed by atoms with Crippen molar-refractivity contribution in [1.82, 2.24) is 5.32 Å². The minimum atomic E-state index is -0.108. The predicted molar refractivity (Wildman–Crippen MR) is 88.7 cm³/mol. The van der Waals surface area contributed by atoms with Crippen LogP contribution >= 0.6 is 11.3 Å². The number of aliphatic hydroxyl groups excluding tert-OH is 1. The molecule has 22 heavy (non-hydrogen) atoms. The van der Waals surface area contributed by atoms with Gasteiger partial charge in [0.05, 0.1) is 12.7 Å². The lowest BCUT2D eigenvalue weighted by atomic mass is 10.1. The van der Waals surface area contributed by atoms with Gasteiger partial charge in [-0.1, -0.05) is 0 Å². The Morgan fingerprint density at radius 1 is 1.45 bits per heavy atom. The molecule has 2 N–H and O–H groups in total. The van der Waals surface area contributed by atoms with Gasteiger partial charge in [0.1, 0.15) is 5.75 Å². The SMILES string of the molecule is CC(C)Oc1cc(C(=O)NCC2(CO)CC2)cc2sccc12. The molecule has 1 heterocycles. The summed E-state index contributed by atoms with van der Waals surface area (Å²) >= 11 is 1.60. The third-order valence-corrected chi connectivity index (χ3v) is 4.94. The molecule has 1 aromatic carbocycles. The van der Waals surface area contributed by atoms with E-state index >= 15 is 0 Å². The number of hydrogen-bond acceptors (Lipinski definition) is 4. The first-order chi connectivity index (χ1) is 10.5. The van der Waals surface area contributed by atoms with E-state index in [4.69, 9.17) is 4.74 Å². The number of thiophene rings is 1. The van der Waals surface area contributed by atoms with Gasteiger partial charge in [0.2, 0.25) is 0 Å². The molecule has 0 atom stereocenters. The minimum absolute atomic E-state index is 0.0607. The maximum absolute atomic E-state index is 12.4. The van der Waals surface area contributed by atoms with Gasteiger partial charge in [-0.05, 0) is 50.3 Å². The molecule has 1 fully saturated rings. The molecule has 0 radical (unpaired) electrons. The molecule has 0 unspecified atom stereocenters. The van der Waals surface area contributed by atoms with Gasteiger partial charge in [-0.2, -0.15) is 0 Å². The molecule has 1 aliphatic rings. The normalized spacial score (nSPS) is 16.0. The van der Waals surface area contributed by atoms with Gasteiger partial charge in [-0.25, -0.2) is 0 Å². The quantitative estimate of drug-likeness (QED) is 0.859. The molecular weight excluding hydrogens is 298 g/mol. The highest BCUT2D eigenvalue weighted by Gasteiger charge is 2.42. The number of carbonyl (C=O) groups excluding carboxylic acids is 1. The van der Waals surface area contributed by atoms with Crippen molar-refractivity contribution >= 4 is 27.3 Å². The van der Waals surface area contributed by atoms with Crippen LogP contribution in [0, 0.1) is 5.41 Å². The van der Waals surface area contributed by atoms with Crippen LogP contribution in [0.2, 0.25) is 0 Å². The second-order valence-electron chi connectivity index (χ2n) is 6.31. The van der Waals surface area contributed by atoms with Crippen molar-refractivity contribution in [3.63, 3.8) is 0 Å². The van der Waals surface area contributed by atoms with Crippen molar-refractivity contribution in [3.05, 3.63) is 29.1 Å². The fourth-order valence-corrected chi connectivity index (χ4v) is 3.30. The second-order valence-corrected chi connectivity index (χ2v) is 7.26. The van der Waals surface area contributed by atoms with E-state index in [1.54, 1.807) is 11.3 Å². The number of fused-ring (bicyclic) bond motifs is 1. The van der Waals surface area contributed by atoms with Gasteiger partial charge >= 0.3 is 0 Å². The number of amides is 1. The molecule has 0 bridgehead atoms. The van der Waals surface area contributed by atoms with Crippen molar-refractivity contribution in [2.45, 2.75) is 32.8 Å². The van der Waals surface area contributed by atoms with Gasteiger partial charge in [-0.3, -0.25) is 4.79 Å². The van der Waals surface area contributed by atoms with Crippen LogP contribution in [0.4, 0.5) is 0 Å². The van der Waals surface area contributed by atoms with Crippen LogP contribution in [0.3, 0.4) is 0 Å². The van der Waals surface area contributed by atoms with E-state index in [9.17, 15) is 9.90 Å². The standard InChI is InChI=1S/C17H21NO3S/c1-11(2)21-14-7-12(8-15-13(14)3-6-22-15)16(20)18-9-17(10-19)4-5-17/h3,6-8,11,19H,4-5,9-10H2,1-2H3,(H,18,20). The zero-order valence-corrected chi connectivity index (χ0v) is 13.7. The Balaban J connectivity index is 1.81. The maximum Gasteiger partial charge on any atom is 0.251 e. The van der Waals surface area contributed by atoms with Crippen molar-refractivity contribution in [1.29, 1.82) is 0 Å². The van der Waals surface area contributed by atoms with Crippen molar-refractivity contribution in [2.24, 2.45) is 5.41 Å². The van der Waals surface area contributed by atoms with E-state index in [0.717, 1.165) is 28.7 Å². The van der Waals surface area contributed by atoms with Crippen LogP contribution in [-0.4, -0.2) is 30.3 Å². The molecule has 2 aromatic rings. The van der Waals surface area contributed by atoms with Crippen LogP contribution in [0.25, 0.3) is 10.1 Å². The van der Waals surface area contributed by atoms with Crippen LogP contribution in [0.5, 0.6) is 5.75 Å². The summed E-state index contributed by atoms with van der Waals surface area (Å²) in [6, 6.07) is 5.73. The van der Waals surface area contributed by atoms with E-state index in [2.05, 4.69) is 5.32 Å². The Hall–Kier alpha value is -1.59. The first-order valence-corrected chi connectivity index (χ1v) is 8.48. The van der Waals surface area contributed by atoms with E-state index in [-0.39, 0.29) is 24.0 Å². The molecule has 4 nitrogen and oxygen atoms in total. The lowest BCUT2D eigenvalue weighted by molar-refractivity contribution is 0.0934.